The van der Waals surface area contributed by atoms with E-state index < -0.39 is 0 Å². The Balaban J connectivity index is 2.06. The second kappa shape index (κ2) is 6.91. The molecule has 0 amide bonds. The minimum absolute atomic E-state index is 0.581. The summed E-state index contributed by atoms with van der Waals surface area (Å²) in [5.41, 5.74) is 10.5. The summed E-state index contributed by atoms with van der Waals surface area (Å²) < 4.78 is 6.87. The summed E-state index contributed by atoms with van der Waals surface area (Å²) in [6, 6.07) is 12.6. The highest BCUT2D eigenvalue weighted by Crippen LogP contribution is 2.27. The molecule has 106 valence electrons. The van der Waals surface area contributed by atoms with Crippen molar-refractivity contribution >= 4 is 15.9 Å². The van der Waals surface area contributed by atoms with Crippen LogP contribution in [0.1, 0.15) is 22.3 Å². The highest BCUT2D eigenvalue weighted by molar-refractivity contribution is 9.10. The van der Waals surface area contributed by atoms with E-state index in [4.69, 9.17) is 10.5 Å². The Morgan fingerprint density at radius 2 is 1.70 bits per heavy atom. The van der Waals surface area contributed by atoms with Crippen LogP contribution in [0.2, 0.25) is 0 Å². The summed E-state index contributed by atoms with van der Waals surface area (Å²) in [5.74, 6) is 0.866. The van der Waals surface area contributed by atoms with E-state index in [9.17, 15) is 0 Å². The van der Waals surface area contributed by atoms with Gasteiger partial charge in [-0.05, 0) is 66.0 Å². The zero-order valence-corrected chi connectivity index (χ0v) is 13.5. The predicted molar refractivity (Wildman–Crippen MR) is 87.1 cm³/mol. The fourth-order valence-corrected chi connectivity index (χ4v) is 2.84. The van der Waals surface area contributed by atoms with Gasteiger partial charge in [0, 0.05) is 0 Å². The van der Waals surface area contributed by atoms with Gasteiger partial charge in [-0.2, -0.15) is 0 Å². The van der Waals surface area contributed by atoms with Crippen molar-refractivity contribution in [2.45, 2.75) is 26.9 Å². The molecule has 2 N–H and O–H groups in total. The number of halogens is 1. The van der Waals surface area contributed by atoms with Crippen LogP contribution in [-0.2, 0) is 13.0 Å². The van der Waals surface area contributed by atoms with Crippen LogP contribution in [0.25, 0.3) is 0 Å². The summed E-state index contributed by atoms with van der Waals surface area (Å²) in [7, 11) is 0. The lowest BCUT2D eigenvalue weighted by atomic mass is 10.1. The van der Waals surface area contributed by atoms with Gasteiger partial charge in [-0.25, -0.2) is 0 Å². The van der Waals surface area contributed by atoms with Crippen molar-refractivity contribution in [2.24, 2.45) is 5.73 Å². The quantitative estimate of drug-likeness (QED) is 0.892. The van der Waals surface area contributed by atoms with Gasteiger partial charge >= 0.3 is 0 Å². The van der Waals surface area contributed by atoms with Gasteiger partial charge in [-0.3, -0.25) is 0 Å². The highest BCUT2D eigenvalue weighted by atomic mass is 79.9. The molecule has 2 aromatic rings. The second-order valence-corrected chi connectivity index (χ2v) is 5.94. The number of rotatable bonds is 5. The third-order valence-corrected chi connectivity index (χ3v) is 3.72. The molecule has 0 aliphatic carbocycles. The normalized spacial score (nSPS) is 10.6. The molecule has 0 aromatic heterocycles. The monoisotopic (exact) mass is 333 g/mol. The molecule has 2 aromatic carbocycles. The van der Waals surface area contributed by atoms with Crippen molar-refractivity contribution in [1.29, 1.82) is 0 Å². The maximum Gasteiger partial charge on any atom is 0.134 e. The highest BCUT2D eigenvalue weighted by Gasteiger charge is 2.04. The van der Waals surface area contributed by atoms with Crippen molar-refractivity contribution in [1.82, 2.24) is 0 Å². The molecule has 0 bridgehead atoms. The molecule has 0 unspecified atom stereocenters. The molecular formula is C17H20BrNO. The lowest BCUT2D eigenvalue weighted by Crippen LogP contribution is -2.03. The lowest BCUT2D eigenvalue weighted by Gasteiger charge is -2.11. The Morgan fingerprint density at radius 3 is 2.30 bits per heavy atom. The van der Waals surface area contributed by atoms with Gasteiger partial charge in [0.05, 0.1) is 4.47 Å². The van der Waals surface area contributed by atoms with Crippen molar-refractivity contribution in [3.8, 4) is 5.75 Å². The minimum atomic E-state index is 0.581. The van der Waals surface area contributed by atoms with Gasteiger partial charge < -0.3 is 10.5 Å². The SMILES string of the molecule is Cc1cc(C)cc(COc2ccc(CCN)cc2Br)c1. The molecule has 0 radical (unpaired) electrons. The van der Waals surface area contributed by atoms with E-state index in [1.807, 2.05) is 6.07 Å². The first-order chi connectivity index (χ1) is 9.58. The molecule has 0 atom stereocenters. The summed E-state index contributed by atoms with van der Waals surface area (Å²) in [6.45, 7) is 5.45. The van der Waals surface area contributed by atoms with E-state index >= 15 is 0 Å². The third-order valence-electron chi connectivity index (χ3n) is 3.11. The predicted octanol–water partition coefficient (Wildman–Crippen LogP) is 4.15. The first-order valence-electron chi connectivity index (χ1n) is 6.77. The fraction of sp³-hybridized carbons (Fsp3) is 0.294. The largest absolute Gasteiger partial charge is 0.488 e. The number of aryl methyl sites for hydroxylation is 2. The van der Waals surface area contributed by atoms with Crippen molar-refractivity contribution in [3.05, 3.63) is 63.1 Å². The first-order valence-corrected chi connectivity index (χ1v) is 7.56. The van der Waals surface area contributed by atoms with Gasteiger partial charge in [-0.15, -0.1) is 0 Å². The molecule has 20 heavy (non-hydrogen) atoms. The van der Waals surface area contributed by atoms with Gasteiger partial charge in [0.1, 0.15) is 12.4 Å². The van der Waals surface area contributed by atoms with E-state index in [2.05, 4.69) is 60.1 Å². The third kappa shape index (κ3) is 4.09. The standard InChI is InChI=1S/C17H20BrNO/c1-12-7-13(2)9-15(8-12)11-20-17-4-3-14(5-6-19)10-16(17)18/h3-4,7-10H,5-6,11,19H2,1-2H3. The summed E-state index contributed by atoms with van der Waals surface area (Å²) in [4.78, 5) is 0. The molecule has 3 heteroatoms. The van der Waals surface area contributed by atoms with Gasteiger partial charge in [0.2, 0.25) is 0 Å². The molecular weight excluding hydrogens is 314 g/mol. The Bertz CT molecular complexity index is 575. The molecule has 0 spiro atoms. The number of ether oxygens (including phenoxy) is 1. The van der Waals surface area contributed by atoms with Crippen LogP contribution in [0.15, 0.2) is 40.9 Å². The zero-order valence-electron chi connectivity index (χ0n) is 11.9. The molecule has 2 nitrogen and oxygen atoms in total. The molecule has 0 aliphatic heterocycles. The van der Waals surface area contributed by atoms with Gasteiger partial charge in [-0.1, -0.05) is 35.4 Å². The smallest absolute Gasteiger partial charge is 0.134 e. The van der Waals surface area contributed by atoms with E-state index in [-0.39, 0.29) is 0 Å². The Kier molecular flexibility index (Phi) is 5.21. The van der Waals surface area contributed by atoms with E-state index in [1.165, 1.54) is 22.3 Å². The van der Waals surface area contributed by atoms with Crippen LogP contribution in [0.3, 0.4) is 0 Å². The van der Waals surface area contributed by atoms with Crippen LogP contribution >= 0.6 is 15.9 Å². The molecule has 0 heterocycles. The van der Waals surface area contributed by atoms with Crippen LogP contribution < -0.4 is 10.5 Å². The average molecular weight is 334 g/mol. The van der Waals surface area contributed by atoms with Crippen LogP contribution in [0.4, 0.5) is 0 Å². The minimum Gasteiger partial charge on any atom is -0.488 e. The maximum absolute atomic E-state index is 5.89. The second-order valence-electron chi connectivity index (χ2n) is 5.09. The van der Waals surface area contributed by atoms with Crippen LogP contribution in [0, 0.1) is 13.8 Å². The number of benzene rings is 2. The van der Waals surface area contributed by atoms with E-state index in [0.29, 0.717) is 13.2 Å². The van der Waals surface area contributed by atoms with Crippen molar-refractivity contribution in [3.63, 3.8) is 0 Å². The molecule has 0 fully saturated rings. The topological polar surface area (TPSA) is 35.2 Å². The number of hydrogen-bond donors (Lipinski definition) is 1. The molecule has 0 saturated heterocycles. The Morgan fingerprint density at radius 1 is 1.00 bits per heavy atom. The lowest BCUT2D eigenvalue weighted by molar-refractivity contribution is 0.304. The summed E-state index contributed by atoms with van der Waals surface area (Å²) >= 11 is 3.55. The van der Waals surface area contributed by atoms with Gasteiger partial charge in [0.15, 0.2) is 0 Å². The van der Waals surface area contributed by atoms with Crippen molar-refractivity contribution < 1.29 is 4.74 Å². The first kappa shape index (κ1) is 15.1. The average Bonchev–Trinajstić information content (AvgIpc) is 2.37. The van der Waals surface area contributed by atoms with Gasteiger partial charge in [0.25, 0.3) is 0 Å². The summed E-state index contributed by atoms with van der Waals surface area (Å²) in [5, 5.41) is 0. The number of nitrogens with two attached hydrogens (primary N) is 1. The molecule has 0 saturated carbocycles. The molecule has 2 rings (SSSR count). The zero-order chi connectivity index (χ0) is 14.5. The van der Waals surface area contributed by atoms with Crippen LogP contribution in [-0.4, -0.2) is 6.54 Å². The maximum atomic E-state index is 5.89. The Labute approximate surface area is 129 Å². The molecule has 0 aliphatic rings. The fourth-order valence-electron chi connectivity index (χ4n) is 2.30. The van der Waals surface area contributed by atoms with E-state index in [1.54, 1.807) is 0 Å². The van der Waals surface area contributed by atoms with E-state index in [0.717, 1.165) is 16.6 Å². The summed E-state index contributed by atoms with van der Waals surface area (Å²) in [6.07, 6.45) is 0.885. The number of hydrogen-bond acceptors (Lipinski definition) is 2. The van der Waals surface area contributed by atoms with Crippen LogP contribution in [0.5, 0.6) is 5.75 Å². The Hall–Kier alpha value is -1.32. The van der Waals surface area contributed by atoms with Crippen molar-refractivity contribution in [2.75, 3.05) is 6.54 Å².